The molecular weight excluding hydrogens is 342 g/mol. The van der Waals surface area contributed by atoms with Crippen molar-refractivity contribution in [3.05, 3.63) is 59.2 Å². The molecule has 0 radical (unpaired) electrons. The third-order valence-corrected chi connectivity index (χ3v) is 5.06. The average molecular weight is 370 g/mol. The maximum atomic E-state index is 5.62. The second kappa shape index (κ2) is 8.52. The lowest BCUT2D eigenvalue weighted by Gasteiger charge is -2.36. The van der Waals surface area contributed by atoms with Gasteiger partial charge in [0.1, 0.15) is 5.75 Å². The largest absolute Gasteiger partial charge is 0.497 e. The van der Waals surface area contributed by atoms with E-state index in [1.165, 1.54) is 16.7 Å². The molecule has 2 aromatic rings. The predicted octanol–water partition coefficient (Wildman–Crippen LogP) is 3.83. The van der Waals surface area contributed by atoms with Gasteiger partial charge in [0, 0.05) is 38.4 Å². The minimum absolute atomic E-state index is 0.819. The molecule has 0 atom stereocenters. The number of ether oxygens (including phenoxy) is 1. The molecule has 3 rings (SSSR count). The second-order valence-electron chi connectivity index (χ2n) is 6.92. The van der Waals surface area contributed by atoms with Gasteiger partial charge in [0.15, 0.2) is 5.11 Å². The normalized spacial score (nSPS) is 15.0. The van der Waals surface area contributed by atoms with Crippen LogP contribution in [0.5, 0.6) is 5.75 Å². The highest BCUT2D eigenvalue weighted by Crippen LogP contribution is 2.16. The monoisotopic (exact) mass is 369 g/mol. The van der Waals surface area contributed by atoms with Gasteiger partial charge < -0.3 is 15.0 Å². The van der Waals surface area contributed by atoms with Crippen molar-refractivity contribution in [3.63, 3.8) is 0 Å². The van der Waals surface area contributed by atoms with Gasteiger partial charge in [0.2, 0.25) is 0 Å². The lowest BCUT2D eigenvalue weighted by Crippen LogP contribution is -2.49. The van der Waals surface area contributed by atoms with E-state index in [1.54, 1.807) is 7.11 Å². The number of methoxy groups -OCH3 is 1. The van der Waals surface area contributed by atoms with Crippen LogP contribution in [-0.2, 0) is 6.54 Å². The average Bonchev–Trinajstić information content (AvgIpc) is 2.62. The summed E-state index contributed by atoms with van der Waals surface area (Å²) in [4.78, 5) is 4.73. The summed E-state index contributed by atoms with van der Waals surface area (Å²) in [6.45, 7) is 9.12. The molecule has 0 unspecified atom stereocenters. The summed E-state index contributed by atoms with van der Waals surface area (Å²) >= 11 is 5.62. The van der Waals surface area contributed by atoms with E-state index in [0.29, 0.717) is 0 Å². The van der Waals surface area contributed by atoms with Gasteiger partial charge in [0.25, 0.3) is 0 Å². The van der Waals surface area contributed by atoms with Gasteiger partial charge in [-0.05, 0) is 67.0 Å². The SMILES string of the molecule is COc1ccc(CN2CCN(C(=S)Nc3cc(C)cc(C)c3)CC2)cc1. The molecule has 138 valence electrons. The van der Waals surface area contributed by atoms with Crippen molar-refractivity contribution < 1.29 is 4.74 Å². The first-order valence-corrected chi connectivity index (χ1v) is 9.44. The first-order valence-electron chi connectivity index (χ1n) is 9.03. The van der Waals surface area contributed by atoms with E-state index in [4.69, 9.17) is 17.0 Å². The zero-order valence-corrected chi connectivity index (χ0v) is 16.6. The van der Waals surface area contributed by atoms with Crippen molar-refractivity contribution in [2.75, 3.05) is 38.6 Å². The number of nitrogens with one attached hydrogen (secondary N) is 1. The smallest absolute Gasteiger partial charge is 0.173 e. The third-order valence-electron chi connectivity index (χ3n) is 4.70. The van der Waals surface area contributed by atoms with Crippen LogP contribution < -0.4 is 10.1 Å². The molecule has 1 aliphatic heterocycles. The molecule has 0 bridgehead atoms. The Hall–Kier alpha value is -2.11. The zero-order valence-electron chi connectivity index (χ0n) is 15.8. The van der Waals surface area contributed by atoms with Crippen molar-refractivity contribution in [3.8, 4) is 5.75 Å². The number of hydrogen-bond donors (Lipinski definition) is 1. The van der Waals surface area contributed by atoms with E-state index in [2.05, 4.69) is 59.3 Å². The molecule has 2 aromatic carbocycles. The fraction of sp³-hybridized carbons (Fsp3) is 0.381. The van der Waals surface area contributed by atoms with E-state index < -0.39 is 0 Å². The van der Waals surface area contributed by atoms with Crippen LogP contribution in [0, 0.1) is 13.8 Å². The van der Waals surface area contributed by atoms with Crippen LogP contribution >= 0.6 is 12.2 Å². The fourth-order valence-corrected chi connectivity index (χ4v) is 3.65. The van der Waals surface area contributed by atoms with E-state index in [0.717, 1.165) is 49.3 Å². The summed E-state index contributed by atoms with van der Waals surface area (Å²) in [5, 5.41) is 4.21. The summed E-state index contributed by atoms with van der Waals surface area (Å²) in [7, 11) is 1.70. The number of anilines is 1. The maximum absolute atomic E-state index is 5.62. The van der Waals surface area contributed by atoms with Gasteiger partial charge in [-0.2, -0.15) is 0 Å². The van der Waals surface area contributed by atoms with Crippen molar-refractivity contribution in [1.29, 1.82) is 0 Å². The molecule has 1 aliphatic rings. The highest BCUT2D eigenvalue weighted by atomic mass is 32.1. The molecule has 5 heteroatoms. The van der Waals surface area contributed by atoms with Crippen LogP contribution in [0.15, 0.2) is 42.5 Å². The number of nitrogens with zero attached hydrogens (tertiary/aromatic N) is 2. The molecule has 26 heavy (non-hydrogen) atoms. The van der Waals surface area contributed by atoms with Gasteiger partial charge in [-0.25, -0.2) is 0 Å². The van der Waals surface area contributed by atoms with Crippen LogP contribution in [0.4, 0.5) is 5.69 Å². The molecule has 1 saturated heterocycles. The van der Waals surface area contributed by atoms with Crippen LogP contribution in [-0.4, -0.2) is 48.2 Å². The molecule has 0 saturated carbocycles. The number of aryl methyl sites for hydroxylation is 2. The molecule has 0 amide bonds. The maximum Gasteiger partial charge on any atom is 0.173 e. The number of hydrogen-bond acceptors (Lipinski definition) is 3. The summed E-state index contributed by atoms with van der Waals surface area (Å²) in [5.41, 5.74) is 4.89. The molecule has 0 aromatic heterocycles. The van der Waals surface area contributed by atoms with Gasteiger partial charge >= 0.3 is 0 Å². The lowest BCUT2D eigenvalue weighted by atomic mass is 10.1. The Morgan fingerprint density at radius 2 is 1.62 bits per heavy atom. The first kappa shape index (κ1) is 18.7. The van der Waals surface area contributed by atoms with Crippen LogP contribution in [0.1, 0.15) is 16.7 Å². The fourth-order valence-electron chi connectivity index (χ4n) is 3.35. The van der Waals surface area contributed by atoms with Gasteiger partial charge in [0.05, 0.1) is 7.11 Å². The summed E-state index contributed by atoms with van der Waals surface area (Å²) in [6, 6.07) is 14.8. The van der Waals surface area contributed by atoms with E-state index >= 15 is 0 Å². The number of rotatable bonds is 4. The minimum atomic E-state index is 0.819. The molecule has 0 aliphatic carbocycles. The standard InChI is InChI=1S/C21H27N3OS/c1-16-12-17(2)14-19(13-16)22-21(26)24-10-8-23(9-11-24)15-18-4-6-20(25-3)7-5-18/h4-7,12-14H,8-11,15H2,1-3H3,(H,22,26). The first-order chi connectivity index (χ1) is 12.5. The van der Waals surface area contributed by atoms with Crippen molar-refractivity contribution in [1.82, 2.24) is 9.80 Å². The van der Waals surface area contributed by atoms with Crippen LogP contribution in [0.25, 0.3) is 0 Å². The minimum Gasteiger partial charge on any atom is -0.497 e. The predicted molar refractivity (Wildman–Crippen MR) is 112 cm³/mol. The van der Waals surface area contributed by atoms with E-state index in [9.17, 15) is 0 Å². The van der Waals surface area contributed by atoms with Gasteiger partial charge in [-0.15, -0.1) is 0 Å². The van der Waals surface area contributed by atoms with Crippen molar-refractivity contribution in [2.24, 2.45) is 0 Å². The molecular formula is C21H27N3OS. The number of piperazine rings is 1. The molecule has 4 nitrogen and oxygen atoms in total. The topological polar surface area (TPSA) is 27.7 Å². The van der Waals surface area contributed by atoms with Gasteiger partial charge in [-0.1, -0.05) is 18.2 Å². The Bertz CT molecular complexity index is 732. The lowest BCUT2D eigenvalue weighted by molar-refractivity contribution is 0.177. The van der Waals surface area contributed by atoms with Crippen LogP contribution in [0.3, 0.4) is 0 Å². The highest BCUT2D eigenvalue weighted by molar-refractivity contribution is 7.80. The van der Waals surface area contributed by atoms with Crippen molar-refractivity contribution >= 4 is 23.0 Å². The molecule has 1 fully saturated rings. The quantitative estimate of drug-likeness (QED) is 0.827. The Morgan fingerprint density at radius 3 is 2.19 bits per heavy atom. The Kier molecular flexibility index (Phi) is 6.12. The zero-order chi connectivity index (χ0) is 18.5. The van der Waals surface area contributed by atoms with Crippen LogP contribution in [0.2, 0.25) is 0 Å². The Labute approximate surface area is 161 Å². The molecule has 0 spiro atoms. The van der Waals surface area contributed by atoms with E-state index in [-0.39, 0.29) is 0 Å². The number of benzene rings is 2. The summed E-state index contributed by atoms with van der Waals surface area (Å²) in [6.07, 6.45) is 0. The summed E-state index contributed by atoms with van der Waals surface area (Å²) < 4.78 is 5.22. The summed E-state index contributed by atoms with van der Waals surface area (Å²) in [5.74, 6) is 0.904. The highest BCUT2D eigenvalue weighted by Gasteiger charge is 2.19. The third kappa shape index (κ3) is 4.96. The number of thiocarbonyl (C=S) groups is 1. The van der Waals surface area contributed by atoms with Gasteiger partial charge in [-0.3, -0.25) is 4.90 Å². The Balaban J connectivity index is 1.50. The molecule has 1 N–H and O–H groups in total. The second-order valence-corrected chi connectivity index (χ2v) is 7.30. The Morgan fingerprint density at radius 1 is 1.00 bits per heavy atom. The van der Waals surface area contributed by atoms with Crippen molar-refractivity contribution in [2.45, 2.75) is 20.4 Å². The molecule has 1 heterocycles. The van der Waals surface area contributed by atoms with E-state index in [1.807, 2.05) is 12.1 Å².